The number of nitrogens with one attached hydrogen (secondary N) is 1. The van der Waals surface area contributed by atoms with Gasteiger partial charge in [-0.15, -0.1) is 0 Å². The zero-order valence-corrected chi connectivity index (χ0v) is 17.5. The summed E-state index contributed by atoms with van der Waals surface area (Å²) in [5.74, 6) is -1.65. The van der Waals surface area contributed by atoms with Gasteiger partial charge in [0, 0.05) is 19.2 Å². The lowest BCUT2D eigenvalue weighted by atomic mass is 9.90. The summed E-state index contributed by atoms with van der Waals surface area (Å²) in [7, 11) is 0. The molecular formula is C20H26N4O6. The van der Waals surface area contributed by atoms with E-state index in [1.165, 1.54) is 19.1 Å². The molecule has 1 aromatic carbocycles. The highest BCUT2D eigenvalue weighted by molar-refractivity contribution is 5.94. The van der Waals surface area contributed by atoms with Gasteiger partial charge in [-0.1, -0.05) is 13.8 Å². The maximum absolute atomic E-state index is 12.5. The molecule has 1 aromatic rings. The summed E-state index contributed by atoms with van der Waals surface area (Å²) >= 11 is 0. The second kappa shape index (κ2) is 9.54. The molecule has 0 saturated carbocycles. The van der Waals surface area contributed by atoms with Crippen molar-refractivity contribution < 1.29 is 24.0 Å². The Morgan fingerprint density at radius 1 is 1.33 bits per heavy atom. The summed E-state index contributed by atoms with van der Waals surface area (Å²) in [6.07, 6.45) is -1.18. The fourth-order valence-electron chi connectivity index (χ4n) is 2.81. The zero-order chi connectivity index (χ0) is 22.5. The smallest absolute Gasteiger partial charge is 0.339 e. The van der Waals surface area contributed by atoms with Crippen molar-refractivity contribution in [3.05, 3.63) is 33.9 Å². The van der Waals surface area contributed by atoms with E-state index >= 15 is 0 Å². The molecule has 1 heterocycles. The van der Waals surface area contributed by atoms with E-state index in [-0.39, 0.29) is 17.2 Å². The van der Waals surface area contributed by atoms with Gasteiger partial charge in [0.15, 0.2) is 6.10 Å². The molecule has 0 aromatic heterocycles. The third-order valence-corrected chi connectivity index (χ3v) is 5.18. The molecule has 1 aliphatic heterocycles. The number of carbonyl (C=O) groups is 2. The summed E-state index contributed by atoms with van der Waals surface area (Å²) in [5.41, 5.74) is -0.978. The van der Waals surface area contributed by atoms with E-state index in [4.69, 9.17) is 9.47 Å². The van der Waals surface area contributed by atoms with E-state index in [2.05, 4.69) is 5.32 Å². The maximum atomic E-state index is 12.5. The predicted molar refractivity (Wildman–Crippen MR) is 108 cm³/mol. The number of hydrogen-bond acceptors (Lipinski definition) is 8. The quantitative estimate of drug-likeness (QED) is 0.404. The molecular weight excluding hydrogens is 392 g/mol. The van der Waals surface area contributed by atoms with Crippen molar-refractivity contribution in [2.45, 2.75) is 39.3 Å². The zero-order valence-electron chi connectivity index (χ0n) is 17.5. The van der Waals surface area contributed by atoms with Crippen LogP contribution in [0.3, 0.4) is 0 Å². The minimum Gasteiger partial charge on any atom is -0.449 e. The van der Waals surface area contributed by atoms with Gasteiger partial charge in [0.2, 0.25) is 0 Å². The number of nitrogens with zero attached hydrogens (tertiary/aromatic N) is 3. The van der Waals surface area contributed by atoms with Crippen LogP contribution in [0, 0.1) is 27.4 Å². The molecule has 0 unspecified atom stereocenters. The molecule has 1 amide bonds. The van der Waals surface area contributed by atoms with Gasteiger partial charge in [0.25, 0.3) is 11.6 Å². The topological polar surface area (TPSA) is 135 Å². The summed E-state index contributed by atoms with van der Waals surface area (Å²) in [5, 5.41) is 23.4. The Balaban J connectivity index is 2.14. The van der Waals surface area contributed by atoms with Crippen molar-refractivity contribution in [3.8, 4) is 6.07 Å². The van der Waals surface area contributed by atoms with Crippen molar-refractivity contribution in [3.63, 3.8) is 0 Å². The van der Waals surface area contributed by atoms with Gasteiger partial charge in [-0.05, 0) is 31.9 Å². The van der Waals surface area contributed by atoms with Crippen LogP contribution in [0.15, 0.2) is 18.2 Å². The molecule has 1 aliphatic rings. The van der Waals surface area contributed by atoms with Crippen LogP contribution in [-0.2, 0) is 14.3 Å². The minimum atomic E-state index is -1.18. The highest BCUT2D eigenvalue weighted by Crippen LogP contribution is 2.30. The first-order valence-electron chi connectivity index (χ1n) is 9.64. The van der Waals surface area contributed by atoms with Crippen molar-refractivity contribution in [2.24, 2.45) is 5.92 Å². The second-order valence-electron chi connectivity index (χ2n) is 7.57. The second-order valence-corrected chi connectivity index (χ2v) is 7.57. The number of rotatable bonds is 7. The first-order chi connectivity index (χ1) is 14.1. The highest BCUT2D eigenvalue weighted by atomic mass is 16.6. The van der Waals surface area contributed by atoms with Crippen LogP contribution < -0.4 is 10.2 Å². The van der Waals surface area contributed by atoms with Gasteiger partial charge in [-0.2, -0.15) is 5.26 Å². The molecule has 2 rings (SSSR count). The van der Waals surface area contributed by atoms with Crippen molar-refractivity contribution in [1.82, 2.24) is 5.32 Å². The van der Waals surface area contributed by atoms with E-state index in [0.717, 1.165) is 6.07 Å². The molecule has 1 fully saturated rings. The lowest BCUT2D eigenvalue weighted by Gasteiger charge is -2.29. The number of hydrogen-bond donors (Lipinski definition) is 1. The average molecular weight is 418 g/mol. The SMILES string of the molecule is CC(C)[C@](C)(C#N)NC(=O)[C@@H](C)OC(=O)c1ccc(N2CCOCC2)c([N+](=O)[O-])c1. The van der Waals surface area contributed by atoms with E-state index in [0.29, 0.717) is 32.0 Å². The van der Waals surface area contributed by atoms with Crippen molar-refractivity contribution >= 4 is 23.3 Å². The first-order valence-corrected chi connectivity index (χ1v) is 9.64. The number of anilines is 1. The van der Waals surface area contributed by atoms with Gasteiger partial charge in [-0.25, -0.2) is 4.79 Å². The summed E-state index contributed by atoms with van der Waals surface area (Å²) < 4.78 is 10.4. The molecule has 2 atom stereocenters. The van der Waals surface area contributed by atoms with Gasteiger partial charge < -0.3 is 19.7 Å². The molecule has 1 N–H and O–H groups in total. The number of ether oxygens (including phenoxy) is 2. The highest BCUT2D eigenvalue weighted by Gasteiger charge is 2.33. The van der Waals surface area contributed by atoms with Crippen LogP contribution in [0.5, 0.6) is 0 Å². The van der Waals surface area contributed by atoms with E-state index in [1.54, 1.807) is 20.8 Å². The van der Waals surface area contributed by atoms with Crippen LogP contribution in [0.25, 0.3) is 0 Å². The minimum absolute atomic E-state index is 0.0368. The lowest BCUT2D eigenvalue weighted by molar-refractivity contribution is -0.384. The van der Waals surface area contributed by atoms with Crippen LogP contribution >= 0.6 is 0 Å². The lowest BCUT2D eigenvalue weighted by Crippen LogP contribution is -2.52. The van der Waals surface area contributed by atoms with Crippen LogP contribution in [0.4, 0.5) is 11.4 Å². The van der Waals surface area contributed by atoms with E-state index in [9.17, 15) is 25.0 Å². The van der Waals surface area contributed by atoms with Gasteiger partial charge in [-0.3, -0.25) is 14.9 Å². The number of carbonyl (C=O) groups excluding carboxylic acids is 2. The van der Waals surface area contributed by atoms with Gasteiger partial charge in [0.1, 0.15) is 11.2 Å². The number of amides is 1. The van der Waals surface area contributed by atoms with Crippen molar-refractivity contribution in [2.75, 3.05) is 31.2 Å². The summed E-state index contributed by atoms with van der Waals surface area (Å²) in [4.78, 5) is 37.6. The largest absolute Gasteiger partial charge is 0.449 e. The molecule has 162 valence electrons. The Kier molecular flexibility index (Phi) is 7.34. The average Bonchev–Trinajstić information content (AvgIpc) is 2.73. The Morgan fingerprint density at radius 3 is 2.50 bits per heavy atom. The molecule has 0 spiro atoms. The fourth-order valence-corrected chi connectivity index (χ4v) is 2.81. The fraction of sp³-hybridized carbons (Fsp3) is 0.550. The van der Waals surface area contributed by atoms with Gasteiger partial charge in [0.05, 0.1) is 29.8 Å². The van der Waals surface area contributed by atoms with Crippen LogP contribution in [0.1, 0.15) is 38.1 Å². The third kappa shape index (κ3) is 5.24. The standard InChI is InChI=1S/C20H26N4O6/c1-13(2)20(4,12-21)22-18(25)14(3)30-19(26)15-5-6-16(17(11-15)24(27)28)23-7-9-29-10-8-23/h5-6,11,13-14H,7-10H2,1-4H3,(H,22,25)/t14-,20+/m1/s1. The van der Waals surface area contributed by atoms with E-state index < -0.39 is 28.4 Å². The summed E-state index contributed by atoms with van der Waals surface area (Å²) in [6, 6.07) is 6.11. The number of nitriles is 1. The van der Waals surface area contributed by atoms with Gasteiger partial charge >= 0.3 is 5.97 Å². The first kappa shape index (κ1) is 23.1. The Bertz CT molecular complexity index is 859. The normalized spacial score (nSPS) is 16.9. The number of nitro groups is 1. The number of morpholine rings is 1. The Labute approximate surface area is 174 Å². The molecule has 30 heavy (non-hydrogen) atoms. The number of nitro benzene ring substituents is 1. The third-order valence-electron chi connectivity index (χ3n) is 5.18. The van der Waals surface area contributed by atoms with Crippen LogP contribution in [0.2, 0.25) is 0 Å². The number of esters is 1. The molecule has 0 radical (unpaired) electrons. The molecule has 1 saturated heterocycles. The Morgan fingerprint density at radius 2 is 1.97 bits per heavy atom. The monoisotopic (exact) mass is 418 g/mol. The van der Waals surface area contributed by atoms with Crippen LogP contribution in [-0.4, -0.2) is 54.7 Å². The Hall–Kier alpha value is -3.19. The molecule has 10 heteroatoms. The van der Waals surface area contributed by atoms with Crippen molar-refractivity contribution in [1.29, 1.82) is 5.26 Å². The molecule has 0 aliphatic carbocycles. The predicted octanol–water partition coefficient (Wildman–Crippen LogP) is 2.03. The number of benzene rings is 1. The van der Waals surface area contributed by atoms with E-state index in [1.807, 2.05) is 11.0 Å². The molecule has 0 bridgehead atoms. The molecule has 10 nitrogen and oxygen atoms in total. The maximum Gasteiger partial charge on any atom is 0.339 e. The summed E-state index contributed by atoms with van der Waals surface area (Å²) in [6.45, 7) is 8.48.